The van der Waals surface area contributed by atoms with E-state index in [0.29, 0.717) is 0 Å². The maximum atomic E-state index is 7.32. The van der Waals surface area contributed by atoms with Crippen molar-refractivity contribution in [2.24, 2.45) is 0 Å². The molecule has 30 valence electrons. The van der Waals surface area contributed by atoms with Crippen molar-refractivity contribution in [3.05, 3.63) is 0 Å². The Kier molecular flexibility index (Phi) is 20.9. The summed E-state index contributed by atoms with van der Waals surface area (Å²) in [4.78, 5) is 0. The van der Waals surface area contributed by atoms with Crippen molar-refractivity contribution < 1.29 is 26.3 Å². The molecule has 0 atom stereocenters. The van der Waals surface area contributed by atoms with E-state index in [1.165, 1.54) is 7.05 Å². The Bertz CT molecular complexity index is 8.00. The van der Waals surface area contributed by atoms with Crippen LogP contribution in [-0.4, -0.2) is 12.3 Å². The van der Waals surface area contributed by atoms with E-state index in [9.17, 15) is 0 Å². The Hall–Kier alpha value is 0.608. The predicted octanol–water partition coefficient (Wildman–Crippen LogP) is -0.407. The first-order valence-electron chi connectivity index (χ1n) is 0.724. The van der Waals surface area contributed by atoms with Crippen LogP contribution in [0.1, 0.15) is 0 Å². The molecular formula is CH5NOPt. The Morgan fingerprint density at radius 2 is 1.75 bits per heavy atom. The molecule has 0 aliphatic rings. The van der Waals surface area contributed by atoms with Crippen molar-refractivity contribution >= 4 is 0 Å². The topological polar surface area (TPSA) is 32.3 Å². The van der Waals surface area contributed by atoms with E-state index in [4.69, 9.17) is 5.21 Å². The normalized spacial score (nSPS) is 4.50. The monoisotopic (exact) mass is 242 g/mol. The van der Waals surface area contributed by atoms with Gasteiger partial charge in [0.05, 0.1) is 0 Å². The zero-order valence-electron chi connectivity index (χ0n) is 2.26. The molecule has 0 aromatic rings. The summed E-state index contributed by atoms with van der Waals surface area (Å²) >= 11 is 0. The third kappa shape index (κ3) is 18.2. The minimum atomic E-state index is 0. The van der Waals surface area contributed by atoms with E-state index < -0.39 is 0 Å². The van der Waals surface area contributed by atoms with Crippen molar-refractivity contribution in [1.82, 2.24) is 5.48 Å². The Labute approximate surface area is 39.4 Å². The van der Waals surface area contributed by atoms with E-state index in [2.05, 4.69) is 0 Å². The minimum Gasteiger partial charge on any atom is -0.317 e. The van der Waals surface area contributed by atoms with E-state index in [1.54, 1.807) is 5.48 Å². The molecular weight excluding hydrogens is 237 g/mol. The van der Waals surface area contributed by atoms with Crippen LogP contribution < -0.4 is 5.48 Å². The van der Waals surface area contributed by atoms with Crippen LogP contribution in [0.3, 0.4) is 0 Å². The van der Waals surface area contributed by atoms with E-state index in [0.717, 1.165) is 0 Å². The van der Waals surface area contributed by atoms with Crippen LogP contribution in [0.4, 0.5) is 0 Å². The SMILES string of the molecule is CNO.[Pt]. The molecule has 0 amide bonds. The van der Waals surface area contributed by atoms with Crippen molar-refractivity contribution in [2.75, 3.05) is 7.05 Å². The molecule has 0 heterocycles. The van der Waals surface area contributed by atoms with Crippen LogP contribution in [0.25, 0.3) is 0 Å². The van der Waals surface area contributed by atoms with Gasteiger partial charge in [-0.1, -0.05) is 0 Å². The molecule has 0 aromatic heterocycles. The van der Waals surface area contributed by atoms with Gasteiger partial charge in [0, 0.05) is 28.1 Å². The average molecular weight is 242 g/mol. The molecule has 4 heavy (non-hydrogen) atoms. The first-order chi connectivity index (χ1) is 1.41. The summed E-state index contributed by atoms with van der Waals surface area (Å²) < 4.78 is 0. The molecule has 2 N–H and O–H groups in total. The van der Waals surface area contributed by atoms with E-state index in [-0.39, 0.29) is 21.1 Å². The van der Waals surface area contributed by atoms with Gasteiger partial charge in [-0.2, -0.15) is 0 Å². The van der Waals surface area contributed by atoms with Crippen molar-refractivity contribution in [2.45, 2.75) is 0 Å². The molecule has 0 saturated carbocycles. The molecule has 0 bridgehead atoms. The largest absolute Gasteiger partial charge is 0.317 e. The van der Waals surface area contributed by atoms with E-state index >= 15 is 0 Å². The molecule has 0 spiro atoms. The third-order valence-corrected chi connectivity index (χ3v) is 0. The van der Waals surface area contributed by atoms with Gasteiger partial charge in [0.25, 0.3) is 0 Å². The average Bonchev–Trinajstić information content (AvgIpc) is 0.918. The van der Waals surface area contributed by atoms with Gasteiger partial charge in [-0.15, -0.1) is 0 Å². The van der Waals surface area contributed by atoms with Crippen molar-refractivity contribution in [3.63, 3.8) is 0 Å². The molecule has 0 aromatic carbocycles. The minimum absolute atomic E-state index is 0. The van der Waals surface area contributed by atoms with Crippen LogP contribution in [0, 0.1) is 0 Å². The van der Waals surface area contributed by atoms with Crippen LogP contribution in [0.5, 0.6) is 0 Å². The second-order valence-corrected chi connectivity index (χ2v) is 0.224. The molecule has 0 radical (unpaired) electrons. The summed E-state index contributed by atoms with van der Waals surface area (Å²) in [6, 6.07) is 0. The molecule has 0 aliphatic heterocycles. The summed E-state index contributed by atoms with van der Waals surface area (Å²) in [5.74, 6) is 0. The molecule has 3 heteroatoms. The number of hydrogen-bond acceptors (Lipinski definition) is 2. The summed E-state index contributed by atoms with van der Waals surface area (Å²) in [7, 11) is 1.43. The van der Waals surface area contributed by atoms with Crippen LogP contribution in [0.15, 0.2) is 0 Å². The molecule has 0 unspecified atom stereocenters. The Morgan fingerprint density at radius 1 is 1.75 bits per heavy atom. The van der Waals surface area contributed by atoms with Crippen LogP contribution in [-0.2, 0) is 21.1 Å². The zero-order chi connectivity index (χ0) is 2.71. The molecule has 0 aliphatic carbocycles. The second-order valence-electron chi connectivity index (χ2n) is 0.224. The summed E-state index contributed by atoms with van der Waals surface area (Å²) in [5, 5.41) is 7.32. The predicted molar refractivity (Wildman–Crippen MR) is 10.8 cm³/mol. The summed E-state index contributed by atoms with van der Waals surface area (Å²) in [6.45, 7) is 0. The van der Waals surface area contributed by atoms with Gasteiger partial charge >= 0.3 is 0 Å². The molecule has 2 nitrogen and oxygen atoms in total. The van der Waals surface area contributed by atoms with Gasteiger partial charge in [-0.25, -0.2) is 5.48 Å². The second kappa shape index (κ2) is 9.49. The number of hydroxylamine groups is 1. The van der Waals surface area contributed by atoms with Crippen molar-refractivity contribution in [3.8, 4) is 0 Å². The third-order valence-electron chi connectivity index (χ3n) is 0. The van der Waals surface area contributed by atoms with Crippen LogP contribution >= 0.6 is 0 Å². The first-order valence-corrected chi connectivity index (χ1v) is 0.724. The van der Waals surface area contributed by atoms with Crippen LogP contribution in [0.2, 0.25) is 0 Å². The fourth-order valence-corrected chi connectivity index (χ4v) is 0. The standard InChI is InChI=1S/CH5NO.Pt/c1-2-3;/h2-3H,1H3;. The Balaban J connectivity index is 0. The number of rotatable bonds is 0. The molecule has 0 saturated heterocycles. The number of hydrogen-bond donors (Lipinski definition) is 2. The Morgan fingerprint density at radius 3 is 1.75 bits per heavy atom. The molecule has 0 fully saturated rings. The smallest absolute Gasteiger partial charge is 0.00929 e. The summed E-state index contributed by atoms with van der Waals surface area (Å²) in [6.07, 6.45) is 0. The zero-order valence-corrected chi connectivity index (χ0v) is 4.54. The van der Waals surface area contributed by atoms with Gasteiger partial charge in [0.15, 0.2) is 0 Å². The summed E-state index contributed by atoms with van der Waals surface area (Å²) in [5.41, 5.74) is 1.75. The van der Waals surface area contributed by atoms with Gasteiger partial charge in [-0.3, -0.25) is 0 Å². The van der Waals surface area contributed by atoms with Gasteiger partial charge in [0.2, 0.25) is 0 Å². The van der Waals surface area contributed by atoms with Crippen molar-refractivity contribution in [1.29, 1.82) is 0 Å². The number of nitrogens with one attached hydrogen (secondary N) is 1. The van der Waals surface area contributed by atoms with Gasteiger partial charge in [0.1, 0.15) is 0 Å². The molecule has 0 rings (SSSR count). The fraction of sp³-hybridized carbons (Fsp3) is 1.00. The quantitative estimate of drug-likeness (QED) is 0.566. The first kappa shape index (κ1) is 8.82. The van der Waals surface area contributed by atoms with Gasteiger partial charge in [-0.05, 0) is 0 Å². The fourth-order valence-electron chi connectivity index (χ4n) is 0. The maximum absolute atomic E-state index is 7.32. The maximum Gasteiger partial charge on any atom is 0.00929 e. The van der Waals surface area contributed by atoms with E-state index in [1.807, 2.05) is 0 Å². The van der Waals surface area contributed by atoms with Gasteiger partial charge < -0.3 is 5.21 Å².